The van der Waals surface area contributed by atoms with Gasteiger partial charge in [0, 0.05) is 32.1 Å². The molecule has 0 saturated carbocycles. The van der Waals surface area contributed by atoms with Crippen molar-refractivity contribution in [2.75, 3.05) is 0 Å². The Hall–Kier alpha value is -4.15. The topological polar surface area (TPSA) is 389 Å². The first kappa shape index (κ1) is 45.4. The molecule has 10 bridgehead atoms. The molecule has 1 aliphatic carbocycles. The van der Waals surface area contributed by atoms with E-state index in [9.17, 15) is 97.3 Å². The highest BCUT2D eigenvalue weighted by Crippen LogP contribution is 2.45. The number of rotatable bonds is 5. The van der Waals surface area contributed by atoms with E-state index in [1.54, 1.807) is 0 Å². The fourth-order valence-electron chi connectivity index (χ4n) is 6.92. The summed E-state index contributed by atoms with van der Waals surface area (Å²) in [5.41, 5.74) is -3.79. The van der Waals surface area contributed by atoms with Crippen LogP contribution < -0.4 is 26.5 Å². The maximum absolute atomic E-state index is 12.6. The number of phenolic OH excluding ortho intramolecular Hbond substituents is 5. The molecule has 320 valence electrons. The Morgan fingerprint density at radius 3 is 0.433 bits per heavy atom. The van der Waals surface area contributed by atoms with E-state index in [0.717, 1.165) is 60.7 Å². The third-order valence-electron chi connectivity index (χ3n) is 9.85. The lowest BCUT2D eigenvalue weighted by molar-refractivity contribution is 0.385. The molecule has 0 unspecified atom stereocenters. The lowest BCUT2D eigenvalue weighted by Gasteiger charge is -2.20. The van der Waals surface area contributed by atoms with E-state index in [2.05, 4.69) is 0 Å². The smallest absolute Gasteiger partial charge is 0.356 e. The zero-order chi connectivity index (χ0) is 44.7. The molecule has 0 amide bonds. The van der Waals surface area contributed by atoms with Crippen LogP contribution in [0.1, 0.15) is 55.6 Å². The van der Waals surface area contributed by atoms with Gasteiger partial charge in [-0.1, -0.05) is 0 Å². The van der Waals surface area contributed by atoms with E-state index >= 15 is 0 Å². The molecule has 15 N–H and O–H groups in total. The first-order chi connectivity index (χ1) is 27.4. The molecule has 25 heteroatoms. The second kappa shape index (κ2) is 15.6. The van der Waals surface area contributed by atoms with Gasteiger partial charge >= 0.3 is 38.0 Å². The van der Waals surface area contributed by atoms with Crippen LogP contribution in [0.5, 0.6) is 28.7 Å². The van der Waals surface area contributed by atoms with Gasteiger partial charge in [0.25, 0.3) is 0 Å². The first-order valence-corrected chi connectivity index (χ1v) is 25.0. The zero-order valence-electron chi connectivity index (χ0n) is 30.3. The Morgan fingerprint density at radius 1 is 0.250 bits per heavy atom. The van der Waals surface area contributed by atoms with Gasteiger partial charge in [0.2, 0.25) is 0 Å². The Labute approximate surface area is 338 Å². The molecule has 0 radical (unpaired) electrons. The summed E-state index contributed by atoms with van der Waals surface area (Å²) in [6.07, 6.45) is -3.57. The van der Waals surface area contributed by atoms with Gasteiger partial charge in [-0.15, -0.1) is 0 Å². The van der Waals surface area contributed by atoms with Gasteiger partial charge in [-0.05, 0) is 116 Å². The number of aromatic hydroxyl groups is 5. The maximum atomic E-state index is 12.6. The quantitative estimate of drug-likeness (QED) is 0.105. The number of phenols is 5. The molecule has 60 heavy (non-hydrogen) atoms. The summed E-state index contributed by atoms with van der Waals surface area (Å²) >= 11 is 0. The molecule has 20 nitrogen and oxygen atoms in total. The first-order valence-electron chi connectivity index (χ1n) is 17.0. The highest BCUT2D eigenvalue weighted by molar-refractivity contribution is 7.61. The van der Waals surface area contributed by atoms with E-state index in [0.29, 0.717) is 0 Å². The van der Waals surface area contributed by atoms with Crippen molar-refractivity contribution in [3.8, 4) is 28.7 Å². The van der Waals surface area contributed by atoms with Crippen molar-refractivity contribution in [2.45, 2.75) is 32.1 Å². The average Bonchev–Trinajstić information content (AvgIpc) is 3.09. The van der Waals surface area contributed by atoms with Crippen LogP contribution in [0.25, 0.3) is 0 Å². The van der Waals surface area contributed by atoms with Crippen molar-refractivity contribution < 1.29 is 97.3 Å². The monoisotopic (exact) mass is 930 g/mol. The minimum absolute atomic E-state index is 0.379. The Bertz CT molecular complexity index is 2300. The summed E-state index contributed by atoms with van der Waals surface area (Å²) in [5, 5.41) is 53.9. The Kier molecular flexibility index (Phi) is 11.8. The summed E-state index contributed by atoms with van der Waals surface area (Å²) < 4.78 is 63.1. The van der Waals surface area contributed by atoms with E-state index in [4.69, 9.17) is 0 Å². The van der Waals surface area contributed by atoms with E-state index in [-0.39, 0.29) is 55.6 Å². The van der Waals surface area contributed by atoms with Crippen molar-refractivity contribution in [3.05, 3.63) is 116 Å². The zero-order valence-corrected chi connectivity index (χ0v) is 34.8. The van der Waals surface area contributed by atoms with E-state index in [1.807, 2.05) is 0 Å². The van der Waals surface area contributed by atoms with Gasteiger partial charge in [-0.3, -0.25) is 22.8 Å². The SMILES string of the molecule is O=P(O)(O)c1cc2c(O)c(c1)Cc1cc(P(=O)(O)O)cc(c1O)Cc1cc(P(=O)(O)O)cc(c1O)Cc1cc(P(=O)(O)O)cc(c1O)Cc1cc(P(=O)(O)O)cc(c1O)C2. The standard InChI is InChI=1S/C35H35O20P5/c36-31-16-1-17-7-27(57(44,45)46)9-19(32(17)37)3-21-11-29(59(50,51)52)13-23(34(21)39)5-25-15-30(60(53,54)55)14-24(35(25)40)4-22-12-28(58(47,48)49)10-20(33(22)38)2-18(31)8-26(6-16)56(41,42)43/h6-15,36-40H,1-5H2,(H2,41,42,43)(H2,44,45,46)(H2,47,48,49)(H2,50,51,52)(H2,53,54,55). The molecular formula is C35H35O20P5. The summed E-state index contributed by atoms with van der Waals surface area (Å²) in [6, 6.07) is 8.22. The molecule has 1 aliphatic rings. The van der Waals surface area contributed by atoms with Gasteiger partial charge in [0.15, 0.2) is 0 Å². The fraction of sp³-hybridized carbons (Fsp3) is 0.143. The molecule has 0 aliphatic heterocycles. The Morgan fingerprint density at radius 2 is 0.350 bits per heavy atom. The lowest BCUT2D eigenvalue weighted by atomic mass is 9.91. The minimum Gasteiger partial charge on any atom is -0.507 e. The highest BCUT2D eigenvalue weighted by Gasteiger charge is 2.30. The lowest BCUT2D eigenvalue weighted by Crippen LogP contribution is -2.14. The van der Waals surface area contributed by atoms with Crippen LogP contribution in [-0.2, 0) is 54.9 Å². The molecule has 6 rings (SSSR count). The molecule has 0 atom stereocenters. The normalized spacial score (nSPS) is 14.2. The van der Waals surface area contributed by atoms with E-state index < -0.39 is 125 Å². The van der Waals surface area contributed by atoms with Crippen LogP contribution in [0.15, 0.2) is 60.7 Å². The van der Waals surface area contributed by atoms with Crippen molar-refractivity contribution in [2.24, 2.45) is 0 Å². The van der Waals surface area contributed by atoms with Gasteiger partial charge in [0.05, 0.1) is 26.5 Å². The van der Waals surface area contributed by atoms with Crippen LogP contribution in [0.4, 0.5) is 0 Å². The predicted molar refractivity (Wildman–Crippen MR) is 213 cm³/mol. The molecular weight excluding hydrogens is 895 g/mol. The molecule has 0 spiro atoms. The van der Waals surface area contributed by atoms with Crippen LogP contribution in [0, 0.1) is 0 Å². The number of hydrogen-bond acceptors (Lipinski definition) is 10. The molecule has 0 fully saturated rings. The molecule has 0 heterocycles. The second-order valence-corrected chi connectivity index (χ2v) is 22.2. The van der Waals surface area contributed by atoms with Crippen LogP contribution >= 0.6 is 38.0 Å². The molecule has 5 aromatic rings. The molecule has 0 saturated heterocycles. The van der Waals surface area contributed by atoms with Crippen LogP contribution in [-0.4, -0.2) is 74.5 Å². The Balaban J connectivity index is 1.76. The van der Waals surface area contributed by atoms with Crippen molar-refractivity contribution in [1.29, 1.82) is 0 Å². The molecule has 0 aromatic heterocycles. The minimum atomic E-state index is -5.22. The van der Waals surface area contributed by atoms with Gasteiger partial charge in [-0.25, -0.2) is 0 Å². The van der Waals surface area contributed by atoms with Crippen LogP contribution in [0.2, 0.25) is 0 Å². The number of fused-ring (bicyclic) bond motifs is 10. The predicted octanol–water partition coefficient (Wildman–Crippen LogP) is 0.497. The summed E-state index contributed by atoms with van der Waals surface area (Å²) in [6.45, 7) is 0. The maximum Gasteiger partial charge on any atom is 0.356 e. The van der Waals surface area contributed by atoms with Gasteiger partial charge in [0.1, 0.15) is 28.7 Å². The highest BCUT2D eigenvalue weighted by atomic mass is 31.2. The third kappa shape index (κ3) is 9.50. The van der Waals surface area contributed by atoms with Crippen molar-refractivity contribution in [3.63, 3.8) is 0 Å². The summed E-state index contributed by atoms with van der Waals surface area (Å²) in [7, 11) is -26.1. The number of benzene rings is 5. The largest absolute Gasteiger partial charge is 0.507 e. The van der Waals surface area contributed by atoms with Gasteiger partial charge in [-0.2, -0.15) is 0 Å². The summed E-state index contributed by atoms with van der Waals surface area (Å²) in [5.74, 6) is -3.82. The molecule has 5 aromatic carbocycles. The van der Waals surface area contributed by atoms with E-state index in [1.165, 1.54) is 0 Å². The third-order valence-corrected chi connectivity index (χ3v) is 14.5. The van der Waals surface area contributed by atoms with Gasteiger partial charge < -0.3 is 74.5 Å². The van der Waals surface area contributed by atoms with Crippen molar-refractivity contribution >= 4 is 64.5 Å². The summed E-state index contributed by atoms with van der Waals surface area (Å²) in [4.78, 5) is 102. The van der Waals surface area contributed by atoms with Crippen LogP contribution in [0.3, 0.4) is 0 Å². The average molecular weight is 931 g/mol. The number of hydrogen-bond donors (Lipinski definition) is 15. The second-order valence-electron chi connectivity index (χ2n) is 14.2. The fourth-order valence-corrected chi connectivity index (χ4v) is 10.2. The van der Waals surface area contributed by atoms with Crippen molar-refractivity contribution in [1.82, 2.24) is 0 Å².